The van der Waals surface area contributed by atoms with Crippen molar-refractivity contribution in [2.75, 3.05) is 39.5 Å². The molecule has 1 aliphatic rings. The second-order valence-electron chi connectivity index (χ2n) is 5.94. The summed E-state index contributed by atoms with van der Waals surface area (Å²) in [7, 11) is 0. The molecule has 3 nitrogen and oxygen atoms in total. The molecule has 0 amide bonds. The molecule has 0 bridgehead atoms. The van der Waals surface area contributed by atoms with Crippen molar-refractivity contribution in [1.29, 1.82) is 0 Å². The van der Waals surface area contributed by atoms with Crippen LogP contribution in [0.15, 0.2) is 12.1 Å². The van der Waals surface area contributed by atoms with Gasteiger partial charge in [0.05, 0.1) is 13.2 Å². The van der Waals surface area contributed by atoms with Crippen LogP contribution in [0.2, 0.25) is 0 Å². The number of morpholine rings is 1. The van der Waals surface area contributed by atoms with E-state index in [0.717, 1.165) is 45.2 Å². The van der Waals surface area contributed by atoms with Gasteiger partial charge in [0.15, 0.2) is 0 Å². The van der Waals surface area contributed by atoms with Crippen molar-refractivity contribution >= 4 is 0 Å². The maximum absolute atomic E-state index is 6.02. The Labute approximate surface area is 122 Å². The summed E-state index contributed by atoms with van der Waals surface area (Å²) in [5, 5.41) is 0. The van der Waals surface area contributed by atoms with Crippen molar-refractivity contribution in [2.24, 2.45) is 0 Å². The molecular weight excluding hydrogens is 250 g/mol. The molecule has 0 unspecified atom stereocenters. The SMILES string of the molecule is Cc1cc(C(C)C)cc(C)c1OCCN1CCOCC1. The van der Waals surface area contributed by atoms with Gasteiger partial charge in [0.2, 0.25) is 0 Å². The molecule has 0 N–H and O–H groups in total. The zero-order valence-electron chi connectivity index (χ0n) is 13.2. The summed E-state index contributed by atoms with van der Waals surface area (Å²) in [5.41, 5.74) is 3.88. The molecule has 3 heteroatoms. The van der Waals surface area contributed by atoms with Crippen molar-refractivity contribution in [1.82, 2.24) is 4.90 Å². The van der Waals surface area contributed by atoms with Gasteiger partial charge in [-0.2, -0.15) is 0 Å². The van der Waals surface area contributed by atoms with Gasteiger partial charge in [-0.3, -0.25) is 4.90 Å². The predicted molar refractivity (Wildman–Crippen MR) is 82.8 cm³/mol. The van der Waals surface area contributed by atoms with Gasteiger partial charge in [0.25, 0.3) is 0 Å². The fourth-order valence-corrected chi connectivity index (χ4v) is 2.65. The van der Waals surface area contributed by atoms with E-state index in [9.17, 15) is 0 Å². The number of hydrogen-bond acceptors (Lipinski definition) is 3. The molecule has 1 aliphatic heterocycles. The van der Waals surface area contributed by atoms with E-state index in [4.69, 9.17) is 9.47 Å². The van der Waals surface area contributed by atoms with E-state index in [1.807, 2.05) is 0 Å². The number of hydrogen-bond donors (Lipinski definition) is 0. The molecule has 0 atom stereocenters. The van der Waals surface area contributed by atoms with Crippen LogP contribution in [0.3, 0.4) is 0 Å². The normalized spacial score (nSPS) is 16.6. The van der Waals surface area contributed by atoms with Crippen LogP contribution in [0.5, 0.6) is 5.75 Å². The average Bonchev–Trinajstić information content (AvgIpc) is 2.42. The van der Waals surface area contributed by atoms with Crippen LogP contribution >= 0.6 is 0 Å². The lowest BCUT2D eigenvalue weighted by atomic mass is 9.98. The summed E-state index contributed by atoms with van der Waals surface area (Å²) in [6, 6.07) is 4.50. The molecule has 1 aromatic carbocycles. The standard InChI is InChI=1S/C17H27NO2/c1-13(2)16-11-14(3)17(15(4)12-16)20-10-7-18-5-8-19-9-6-18/h11-13H,5-10H2,1-4H3. The van der Waals surface area contributed by atoms with Crippen molar-refractivity contribution in [3.63, 3.8) is 0 Å². The van der Waals surface area contributed by atoms with Gasteiger partial charge in [-0.15, -0.1) is 0 Å². The van der Waals surface area contributed by atoms with Gasteiger partial charge in [-0.1, -0.05) is 26.0 Å². The quantitative estimate of drug-likeness (QED) is 0.825. The van der Waals surface area contributed by atoms with E-state index >= 15 is 0 Å². The molecule has 112 valence electrons. The van der Waals surface area contributed by atoms with Gasteiger partial charge in [-0.05, 0) is 36.5 Å². The number of ether oxygens (including phenoxy) is 2. The van der Waals surface area contributed by atoms with E-state index < -0.39 is 0 Å². The maximum Gasteiger partial charge on any atom is 0.125 e. The summed E-state index contributed by atoms with van der Waals surface area (Å²) in [6.07, 6.45) is 0. The summed E-state index contributed by atoms with van der Waals surface area (Å²) in [4.78, 5) is 2.40. The van der Waals surface area contributed by atoms with E-state index in [1.165, 1.54) is 16.7 Å². The van der Waals surface area contributed by atoms with Gasteiger partial charge >= 0.3 is 0 Å². The van der Waals surface area contributed by atoms with E-state index in [1.54, 1.807) is 0 Å². The molecule has 1 heterocycles. The molecule has 1 aromatic rings. The van der Waals surface area contributed by atoms with E-state index in [2.05, 4.69) is 44.7 Å². The first kappa shape index (κ1) is 15.3. The highest BCUT2D eigenvalue weighted by Crippen LogP contribution is 2.28. The Bertz CT molecular complexity index is 414. The molecule has 1 saturated heterocycles. The van der Waals surface area contributed by atoms with Crippen LogP contribution in [0.4, 0.5) is 0 Å². The third-order valence-electron chi connectivity index (χ3n) is 3.91. The second kappa shape index (κ2) is 7.09. The number of rotatable bonds is 5. The monoisotopic (exact) mass is 277 g/mol. The smallest absolute Gasteiger partial charge is 0.125 e. The zero-order valence-corrected chi connectivity index (χ0v) is 13.2. The predicted octanol–water partition coefficient (Wildman–Crippen LogP) is 3.14. The number of nitrogens with zero attached hydrogens (tertiary/aromatic N) is 1. The Kier molecular flexibility index (Phi) is 5.44. The van der Waals surface area contributed by atoms with Crippen LogP contribution in [-0.4, -0.2) is 44.4 Å². The first-order chi connectivity index (χ1) is 9.58. The summed E-state index contributed by atoms with van der Waals surface area (Å²) < 4.78 is 11.4. The third-order valence-corrected chi connectivity index (χ3v) is 3.91. The number of aryl methyl sites for hydroxylation is 2. The lowest BCUT2D eigenvalue weighted by Crippen LogP contribution is -2.38. The minimum atomic E-state index is 0.565. The fraction of sp³-hybridized carbons (Fsp3) is 0.647. The lowest BCUT2D eigenvalue weighted by Gasteiger charge is -2.26. The van der Waals surface area contributed by atoms with Crippen LogP contribution in [0.25, 0.3) is 0 Å². The molecule has 2 rings (SSSR count). The van der Waals surface area contributed by atoms with Crippen LogP contribution < -0.4 is 4.74 Å². The highest BCUT2D eigenvalue weighted by Gasteiger charge is 2.12. The van der Waals surface area contributed by atoms with Crippen molar-refractivity contribution < 1.29 is 9.47 Å². The molecule has 0 aromatic heterocycles. The first-order valence-corrected chi connectivity index (χ1v) is 7.62. The Morgan fingerprint density at radius 1 is 1.15 bits per heavy atom. The maximum atomic E-state index is 6.02. The topological polar surface area (TPSA) is 21.7 Å². The zero-order chi connectivity index (χ0) is 14.5. The molecule has 0 radical (unpaired) electrons. The minimum absolute atomic E-state index is 0.565. The minimum Gasteiger partial charge on any atom is -0.492 e. The average molecular weight is 277 g/mol. The Morgan fingerprint density at radius 3 is 2.30 bits per heavy atom. The molecule has 0 spiro atoms. The van der Waals surface area contributed by atoms with Gasteiger partial charge in [0, 0.05) is 19.6 Å². The highest BCUT2D eigenvalue weighted by atomic mass is 16.5. The fourth-order valence-electron chi connectivity index (χ4n) is 2.65. The van der Waals surface area contributed by atoms with Crippen molar-refractivity contribution in [2.45, 2.75) is 33.6 Å². The first-order valence-electron chi connectivity index (χ1n) is 7.62. The van der Waals surface area contributed by atoms with Crippen molar-refractivity contribution in [3.05, 3.63) is 28.8 Å². The molecule has 0 aliphatic carbocycles. The molecule has 0 saturated carbocycles. The van der Waals surface area contributed by atoms with Gasteiger partial charge in [-0.25, -0.2) is 0 Å². The van der Waals surface area contributed by atoms with Crippen LogP contribution in [0.1, 0.15) is 36.5 Å². The Balaban J connectivity index is 1.92. The summed E-state index contributed by atoms with van der Waals surface area (Å²) in [6.45, 7) is 14.2. The Hall–Kier alpha value is -1.06. The van der Waals surface area contributed by atoms with Crippen LogP contribution in [-0.2, 0) is 4.74 Å². The van der Waals surface area contributed by atoms with E-state index in [0.29, 0.717) is 5.92 Å². The van der Waals surface area contributed by atoms with Gasteiger partial charge < -0.3 is 9.47 Å². The highest BCUT2D eigenvalue weighted by molar-refractivity contribution is 5.44. The summed E-state index contributed by atoms with van der Waals surface area (Å²) >= 11 is 0. The third kappa shape index (κ3) is 3.97. The Morgan fingerprint density at radius 2 is 1.75 bits per heavy atom. The second-order valence-corrected chi connectivity index (χ2v) is 5.94. The van der Waals surface area contributed by atoms with E-state index in [-0.39, 0.29) is 0 Å². The van der Waals surface area contributed by atoms with Crippen LogP contribution in [0, 0.1) is 13.8 Å². The number of benzene rings is 1. The molecule has 20 heavy (non-hydrogen) atoms. The lowest BCUT2D eigenvalue weighted by molar-refractivity contribution is 0.0322. The van der Waals surface area contributed by atoms with Gasteiger partial charge in [0.1, 0.15) is 12.4 Å². The largest absolute Gasteiger partial charge is 0.492 e. The van der Waals surface area contributed by atoms with Crippen molar-refractivity contribution in [3.8, 4) is 5.75 Å². The summed E-state index contributed by atoms with van der Waals surface area (Å²) in [5.74, 6) is 1.62. The molecule has 1 fully saturated rings. The molecular formula is C17H27NO2.